The van der Waals surface area contributed by atoms with Gasteiger partial charge in [-0.2, -0.15) is 0 Å². The molecule has 3 nitrogen and oxygen atoms in total. The molecule has 0 saturated carbocycles. The standard InChI is InChI=1S/C12H19O3P/c1-5-15-16(13,14)12(3,4)11-9-7-6-8-10(11)2/h6-9H,5H2,1-4H3,(H,13,14). The molecule has 0 radical (unpaired) electrons. The van der Waals surface area contributed by atoms with Gasteiger partial charge in [0, 0.05) is 0 Å². The minimum atomic E-state index is -3.64. The summed E-state index contributed by atoms with van der Waals surface area (Å²) in [6, 6.07) is 7.59. The van der Waals surface area contributed by atoms with Gasteiger partial charge in [0.1, 0.15) is 0 Å². The smallest absolute Gasteiger partial charge is 0.324 e. The predicted octanol–water partition coefficient (Wildman–Crippen LogP) is 3.45. The lowest BCUT2D eigenvalue weighted by molar-refractivity contribution is 0.251. The van der Waals surface area contributed by atoms with Crippen LogP contribution in [0.25, 0.3) is 0 Å². The molecule has 0 saturated heterocycles. The van der Waals surface area contributed by atoms with Crippen molar-refractivity contribution < 1.29 is 14.0 Å². The summed E-state index contributed by atoms with van der Waals surface area (Å²) in [6.07, 6.45) is 0. The summed E-state index contributed by atoms with van der Waals surface area (Å²) in [7, 11) is -3.64. The summed E-state index contributed by atoms with van der Waals surface area (Å²) in [5.74, 6) is 0. The fourth-order valence-electron chi connectivity index (χ4n) is 1.75. The van der Waals surface area contributed by atoms with Crippen LogP contribution in [-0.2, 0) is 14.2 Å². The van der Waals surface area contributed by atoms with Crippen molar-refractivity contribution in [1.29, 1.82) is 0 Å². The van der Waals surface area contributed by atoms with E-state index in [0.29, 0.717) is 0 Å². The molecule has 0 aliphatic heterocycles. The SMILES string of the molecule is CCOP(=O)(O)C(C)(C)c1ccccc1C. The van der Waals surface area contributed by atoms with E-state index in [1.165, 1.54) is 0 Å². The van der Waals surface area contributed by atoms with E-state index < -0.39 is 12.8 Å². The Morgan fingerprint density at radius 3 is 2.44 bits per heavy atom. The molecule has 1 aromatic carbocycles. The first-order chi connectivity index (χ1) is 7.33. The van der Waals surface area contributed by atoms with Crippen molar-refractivity contribution in [1.82, 2.24) is 0 Å². The van der Waals surface area contributed by atoms with Gasteiger partial charge < -0.3 is 9.42 Å². The Bertz CT molecular complexity index is 412. The number of rotatable bonds is 4. The van der Waals surface area contributed by atoms with Crippen LogP contribution in [0.1, 0.15) is 31.9 Å². The zero-order valence-corrected chi connectivity index (χ0v) is 11.1. The second-order valence-electron chi connectivity index (χ2n) is 4.31. The van der Waals surface area contributed by atoms with E-state index in [9.17, 15) is 9.46 Å². The molecule has 0 aliphatic rings. The summed E-state index contributed by atoms with van der Waals surface area (Å²) < 4.78 is 17.1. The average Bonchev–Trinajstić information content (AvgIpc) is 2.17. The third kappa shape index (κ3) is 2.37. The van der Waals surface area contributed by atoms with Crippen LogP contribution in [0.5, 0.6) is 0 Å². The van der Waals surface area contributed by atoms with E-state index in [2.05, 4.69) is 0 Å². The summed E-state index contributed by atoms with van der Waals surface area (Å²) in [4.78, 5) is 9.95. The van der Waals surface area contributed by atoms with Crippen LogP contribution in [-0.4, -0.2) is 11.5 Å². The maximum Gasteiger partial charge on any atom is 0.337 e. The first-order valence-electron chi connectivity index (χ1n) is 5.36. The van der Waals surface area contributed by atoms with Gasteiger partial charge in [0.15, 0.2) is 0 Å². The Morgan fingerprint density at radius 2 is 1.94 bits per heavy atom. The molecule has 0 aliphatic carbocycles. The van der Waals surface area contributed by atoms with Gasteiger partial charge in [-0.05, 0) is 38.8 Å². The highest BCUT2D eigenvalue weighted by Gasteiger charge is 2.42. The summed E-state index contributed by atoms with van der Waals surface area (Å²) in [5.41, 5.74) is 1.86. The van der Waals surface area contributed by atoms with Gasteiger partial charge in [0.05, 0.1) is 11.8 Å². The molecule has 1 aromatic rings. The maximum atomic E-state index is 12.1. The number of hydrogen-bond donors (Lipinski definition) is 1. The molecule has 0 aromatic heterocycles. The van der Waals surface area contributed by atoms with Gasteiger partial charge in [-0.1, -0.05) is 24.3 Å². The Balaban J connectivity index is 3.21. The maximum absolute atomic E-state index is 12.1. The van der Waals surface area contributed by atoms with E-state index in [0.717, 1.165) is 11.1 Å². The van der Waals surface area contributed by atoms with Crippen molar-refractivity contribution >= 4 is 7.60 Å². The molecule has 1 rings (SSSR count). The molecule has 0 amide bonds. The molecule has 0 fully saturated rings. The van der Waals surface area contributed by atoms with Crippen LogP contribution in [0, 0.1) is 6.92 Å². The molecule has 4 heteroatoms. The molecule has 1 unspecified atom stereocenters. The van der Waals surface area contributed by atoms with Crippen LogP contribution >= 0.6 is 7.60 Å². The van der Waals surface area contributed by atoms with E-state index >= 15 is 0 Å². The van der Waals surface area contributed by atoms with Crippen LogP contribution in [0.4, 0.5) is 0 Å². The Kier molecular flexibility index (Phi) is 3.95. The number of hydrogen-bond acceptors (Lipinski definition) is 2. The van der Waals surface area contributed by atoms with Crippen molar-refractivity contribution in [2.45, 2.75) is 32.9 Å². The van der Waals surface area contributed by atoms with Gasteiger partial charge in [-0.25, -0.2) is 0 Å². The topological polar surface area (TPSA) is 46.5 Å². The molecule has 16 heavy (non-hydrogen) atoms. The van der Waals surface area contributed by atoms with Gasteiger partial charge in [0.25, 0.3) is 0 Å². The van der Waals surface area contributed by atoms with Crippen molar-refractivity contribution in [3.8, 4) is 0 Å². The molecule has 90 valence electrons. The average molecular weight is 242 g/mol. The molecule has 1 atom stereocenters. The summed E-state index contributed by atoms with van der Waals surface area (Å²) >= 11 is 0. The van der Waals surface area contributed by atoms with Crippen molar-refractivity contribution in [3.05, 3.63) is 35.4 Å². The summed E-state index contributed by atoms with van der Waals surface area (Å²) in [6.45, 7) is 7.38. The quantitative estimate of drug-likeness (QED) is 0.822. The predicted molar refractivity (Wildman–Crippen MR) is 65.7 cm³/mol. The molecular formula is C12H19O3P. The van der Waals surface area contributed by atoms with Crippen molar-refractivity contribution in [3.63, 3.8) is 0 Å². The van der Waals surface area contributed by atoms with Gasteiger partial charge in [-0.3, -0.25) is 4.57 Å². The lowest BCUT2D eigenvalue weighted by Gasteiger charge is -2.30. The lowest BCUT2D eigenvalue weighted by atomic mass is 9.97. The zero-order valence-electron chi connectivity index (χ0n) is 10.2. The van der Waals surface area contributed by atoms with Gasteiger partial charge in [-0.15, -0.1) is 0 Å². The number of aryl methyl sites for hydroxylation is 1. The van der Waals surface area contributed by atoms with E-state index in [1.807, 2.05) is 31.2 Å². The highest BCUT2D eigenvalue weighted by atomic mass is 31.2. The fourth-order valence-corrected chi connectivity index (χ4v) is 2.98. The molecular weight excluding hydrogens is 223 g/mol. The van der Waals surface area contributed by atoms with E-state index in [1.54, 1.807) is 20.8 Å². The van der Waals surface area contributed by atoms with Crippen molar-refractivity contribution in [2.75, 3.05) is 6.61 Å². The monoisotopic (exact) mass is 242 g/mol. The second-order valence-corrected chi connectivity index (χ2v) is 6.73. The van der Waals surface area contributed by atoms with Crippen LogP contribution < -0.4 is 0 Å². The highest BCUT2D eigenvalue weighted by molar-refractivity contribution is 7.54. The van der Waals surface area contributed by atoms with Crippen LogP contribution in [0.2, 0.25) is 0 Å². The highest BCUT2D eigenvalue weighted by Crippen LogP contribution is 2.60. The number of benzene rings is 1. The van der Waals surface area contributed by atoms with Gasteiger partial charge >= 0.3 is 7.60 Å². The lowest BCUT2D eigenvalue weighted by Crippen LogP contribution is -2.20. The minimum Gasteiger partial charge on any atom is -0.324 e. The third-order valence-electron chi connectivity index (χ3n) is 2.81. The minimum absolute atomic E-state index is 0.239. The summed E-state index contributed by atoms with van der Waals surface area (Å²) in [5, 5.41) is -0.881. The molecule has 1 N–H and O–H groups in total. The first kappa shape index (κ1) is 13.4. The zero-order chi connectivity index (χ0) is 12.4. The molecule has 0 bridgehead atoms. The Labute approximate surface area is 97.0 Å². The largest absolute Gasteiger partial charge is 0.337 e. The third-order valence-corrected chi connectivity index (χ3v) is 5.08. The van der Waals surface area contributed by atoms with Crippen molar-refractivity contribution in [2.24, 2.45) is 0 Å². The normalized spacial score (nSPS) is 15.8. The van der Waals surface area contributed by atoms with E-state index in [4.69, 9.17) is 4.52 Å². The molecule has 0 spiro atoms. The van der Waals surface area contributed by atoms with Crippen LogP contribution in [0.3, 0.4) is 0 Å². The first-order valence-corrected chi connectivity index (χ1v) is 6.94. The fraction of sp³-hybridized carbons (Fsp3) is 0.500. The van der Waals surface area contributed by atoms with E-state index in [-0.39, 0.29) is 6.61 Å². The van der Waals surface area contributed by atoms with Crippen LogP contribution in [0.15, 0.2) is 24.3 Å². The van der Waals surface area contributed by atoms with Gasteiger partial charge in [0.2, 0.25) is 0 Å². The Hall–Kier alpha value is -0.630. The molecule has 0 heterocycles. The Morgan fingerprint density at radius 1 is 1.38 bits per heavy atom. The second kappa shape index (κ2) is 4.70.